The Hall–Kier alpha value is -4.24. The van der Waals surface area contributed by atoms with E-state index >= 15 is 0 Å². The van der Waals surface area contributed by atoms with Crippen LogP contribution in [-0.2, 0) is 10.2 Å². The lowest BCUT2D eigenvalue weighted by atomic mass is 9.85. The van der Waals surface area contributed by atoms with Gasteiger partial charge >= 0.3 is 0 Å². The molecule has 1 unspecified atom stereocenters. The molecule has 0 aliphatic heterocycles. The SMILES string of the molecule is O=C(N/N=C(\C=C\c1ccccc1)c1ccccc1)C1CC1(c1ccccc1)c1ccccc1. The van der Waals surface area contributed by atoms with Crippen molar-refractivity contribution in [3.05, 3.63) is 150 Å². The Kier molecular flexibility index (Phi) is 6.17. The van der Waals surface area contributed by atoms with E-state index in [0.29, 0.717) is 5.71 Å². The molecule has 4 aromatic rings. The fourth-order valence-corrected chi connectivity index (χ4v) is 4.59. The second kappa shape index (κ2) is 9.72. The van der Waals surface area contributed by atoms with Crippen molar-refractivity contribution >= 4 is 17.7 Å². The average Bonchev–Trinajstić information content (AvgIpc) is 3.68. The van der Waals surface area contributed by atoms with Gasteiger partial charge in [-0.3, -0.25) is 4.79 Å². The van der Waals surface area contributed by atoms with Crippen LogP contribution in [0.4, 0.5) is 0 Å². The number of nitrogens with one attached hydrogen (secondary N) is 1. The van der Waals surface area contributed by atoms with E-state index in [2.05, 4.69) is 34.8 Å². The largest absolute Gasteiger partial charge is 0.273 e. The first-order valence-corrected chi connectivity index (χ1v) is 11.5. The second-order valence-corrected chi connectivity index (χ2v) is 8.54. The number of carbonyl (C=O) groups excluding carboxylic acids is 1. The fraction of sp³-hybridized carbons (Fsp3) is 0.0968. The molecule has 0 aromatic heterocycles. The topological polar surface area (TPSA) is 41.5 Å². The summed E-state index contributed by atoms with van der Waals surface area (Å²) in [5, 5.41) is 4.55. The first-order valence-electron chi connectivity index (χ1n) is 11.5. The van der Waals surface area contributed by atoms with Crippen LogP contribution < -0.4 is 5.43 Å². The monoisotopic (exact) mass is 442 g/mol. The molecule has 3 heteroatoms. The highest BCUT2D eigenvalue weighted by molar-refractivity contribution is 6.11. The molecule has 0 heterocycles. The van der Waals surface area contributed by atoms with Gasteiger partial charge in [0.2, 0.25) is 5.91 Å². The third kappa shape index (κ3) is 4.46. The van der Waals surface area contributed by atoms with Crippen LogP contribution in [0, 0.1) is 5.92 Å². The number of hydrazone groups is 1. The zero-order chi connectivity index (χ0) is 23.2. The molecule has 34 heavy (non-hydrogen) atoms. The molecule has 1 fully saturated rings. The minimum atomic E-state index is -0.311. The van der Waals surface area contributed by atoms with Gasteiger partial charge in [0, 0.05) is 11.0 Å². The van der Waals surface area contributed by atoms with E-state index < -0.39 is 0 Å². The zero-order valence-electron chi connectivity index (χ0n) is 18.8. The lowest BCUT2D eigenvalue weighted by Crippen LogP contribution is -2.26. The van der Waals surface area contributed by atoms with Crippen molar-refractivity contribution in [1.29, 1.82) is 0 Å². The molecule has 0 saturated heterocycles. The molecular formula is C31H26N2O. The minimum absolute atomic E-state index is 0.0609. The van der Waals surface area contributed by atoms with Crippen LogP contribution in [0.3, 0.4) is 0 Å². The van der Waals surface area contributed by atoms with Crippen molar-refractivity contribution in [2.45, 2.75) is 11.8 Å². The number of benzene rings is 4. The maximum Gasteiger partial charge on any atom is 0.244 e. The van der Waals surface area contributed by atoms with Gasteiger partial charge in [-0.05, 0) is 29.2 Å². The van der Waals surface area contributed by atoms with Crippen molar-refractivity contribution in [1.82, 2.24) is 5.43 Å². The van der Waals surface area contributed by atoms with Gasteiger partial charge in [-0.1, -0.05) is 127 Å². The van der Waals surface area contributed by atoms with Crippen LogP contribution >= 0.6 is 0 Å². The van der Waals surface area contributed by atoms with Crippen LogP contribution in [0.25, 0.3) is 6.08 Å². The molecule has 0 bridgehead atoms. The summed E-state index contributed by atoms with van der Waals surface area (Å²) in [6.45, 7) is 0. The molecule has 1 amide bonds. The highest BCUT2D eigenvalue weighted by Crippen LogP contribution is 2.58. The Morgan fingerprint density at radius 3 is 1.79 bits per heavy atom. The van der Waals surface area contributed by atoms with E-state index in [9.17, 15) is 4.79 Å². The number of rotatable bonds is 7. The van der Waals surface area contributed by atoms with Gasteiger partial charge in [0.15, 0.2) is 0 Å². The van der Waals surface area contributed by atoms with Gasteiger partial charge in [0.1, 0.15) is 0 Å². The van der Waals surface area contributed by atoms with Crippen LogP contribution in [0.5, 0.6) is 0 Å². The predicted molar refractivity (Wildman–Crippen MR) is 138 cm³/mol. The summed E-state index contributed by atoms with van der Waals surface area (Å²) in [7, 11) is 0. The molecule has 166 valence electrons. The number of amides is 1. The van der Waals surface area contributed by atoms with Crippen LogP contribution in [-0.4, -0.2) is 11.6 Å². The van der Waals surface area contributed by atoms with Crippen molar-refractivity contribution in [3.8, 4) is 0 Å². The highest BCUT2D eigenvalue weighted by atomic mass is 16.2. The van der Waals surface area contributed by atoms with Gasteiger partial charge < -0.3 is 0 Å². The maximum absolute atomic E-state index is 13.3. The second-order valence-electron chi connectivity index (χ2n) is 8.54. The molecule has 1 aliphatic rings. The third-order valence-electron chi connectivity index (χ3n) is 6.44. The molecule has 1 aliphatic carbocycles. The van der Waals surface area contributed by atoms with E-state index in [1.807, 2.05) is 109 Å². The molecule has 4 aromatic carbocycles. The van der Waals surface area contributed by atoms with Crippen LogP contribution in [0.2, 0.25) is 0 Å². The van der Waals surface area contributed by atoms with E-state index in [0.717, 1.165) is 28.7 Å². The number of nitrogens with zero attached hydrogens (tertiary/aromatic N) is 1. The Morgan fingerprint density at radius 1 is 0.735 bits per heavy atom. The summed E-state index contributed by atoms with van der Waals surface area (Å²) in [6.07, 6.45) is 4.72. The minimum Gasteiger partial charge on any atom is -0.273 e. The molecule has 1 N–H and O–H groups in total. The summed E-state index contributed by atoms with van der Waals surface area (Å²) in [6, 6.07) is 40.6. The molecular weight excluding hydrogens is 416 g/mol. The van der Waals surface area contributed by atoms with Gasteiger partial charge in [-0.2, -0.15) is 5.10 Å². The first-order chi connectivity index (χ1) is 16.8. The van der Waals surface area contributed by atoms with Crippen LogP contribution in [0.1, 0.15) is 28.7 Å². The number of allylic oxidation sites excluding steroid dienone is 1. The zero-order valence-corrected chi connectivity index (χ0v) is 18.8. The fourth-order valence-electron chi connectivity index (χ4n) is 4.59. The molecule has 0 spiro atoms. The Morgan fingerprint density at radius 2 is 1.24 bits per heavy atom. The quantitative estimate of drug-likeness (QED) is 0.268. The van der Waals surface area contributed by atoms with E-state index in [4.69, 9.17) is 0 Å². The van der Waals surface area contributed by atoms with Gasteiger partial charge in [-0.25, -0.2) is 5.43 Å². The average molecular weight is 443 g/mol. The molecule has 5 rings (SSSR count). The summed E-state index contributed by atoms with van der Waals surface area (Å²) < 4.78 is 0. The first kappa shape index (κ1) is 21.6. The standard InChI is InChI=1S/C31H26N2O/c34-30(28-23-31(28,26-17-9-3-10-18-26)27-19-11-4-12-20-27)33-32-29(25-15-7-2-8-16-25)22-21-24-13-5-1-6-14-24/h1-22,28H,23H2,(H,33,34)/b22-21+,32-29+. The van der Waals surface area contributed by atoms with Gasteiger partial charge in [0.05, 0.1) is 11.6 Å². The molecule has 3 nitrogen and oxygen atoms in total. The maximum atomic E-state index is 13.3. The van der Waals surface area contributed by atoms with Gasteiger partial charge in [-0.15, -0.1) is 0 Å². The molecule has 1 atom stereocenters. The third-order valence-corrected chi connectivity index (χ3v) is 6.44. The van der Waals surface area contributed by atoms with Crippen LogP contribution in [0.15, 0.2) is 133 Å². The Balaban J connectivity index is 1.41. The van der Waals surface area contributed by atoms with Crippen molar-refractivity contribution < 1.29 is 4.79 Å². The van der Waals surface area contributed by atoms with Crippen molar-refractivity contribution in [2.75, 3.05) is 0 Å². The Bertz CT molecular complexity index is 1260. The van der Waals surface area contributed by atoms with E-state index in [1.165, 1.54) is 0 Å². The smallest absolute Gasteiger partial charge is 0.244 e. The number of carbonyl (C=O) groups is 1. The van der Waals surface area contributed by atoms with E-state index in [-0.39, 0.29) is 17.2 Å². The Labute approximate surface area is 200 Å². The predicted octanol–water partition coefficient (Wildman–Crippen LogP) is 6.23. The van der Waals surface area contributed by atoms with Crippen molar-refractivity contribution in [3.63, 3.8) is 0 Å². The lowest BCUT2D eigenvalue weighted by molar-refractivity contribution is -0.122. The summed E-state index contributed by atoms with van der Waals surface area (Å²) in [5.41, 5.74) is 7.62. The highest BCUT2D eigenvalue weighted by Gasteiger charge is 2.60. The summed E-state index contributed by atoms with van der Waals surface area (Å²) >= 11 is 0. The lowest BCUT2D eigenvalue weighted by Gasteiger charge is -2.18. The summed E-state index contributed by atoms with van der Waals surface area (Å²) in [4.78, 5) is 13.3. The normalized spacial score (nSPS) is 16.8. The number of hydrogen-bond donors (Lipinski definition) is 1. The molecule has 0 radical (unpaired) electrons. The van der Waals surface area contributed by atoms with Crippen molar-refractivity contribution in [2.24, 2.45) is 11.0 Å². The summed E-state index contributed by atoms with van der Waals surface area (Å²) in [5.74, 6) is -0.231. The molecule has 1 saturated carbocycles. The van der Waals surface area contributed by atoms with Gasteiger partial charge in [0.25, 0.3) is 0 Å². The van der Waals surface area contributed by atoms with E-state index in [1.54, 1.807) is 0 Å². The number of hydrogen-bond acceptors (Lipinski definition) is 2.